The van der Waals surface area contributed by atoms with Crippen LogP contribution in [0, 0.1) is 143 Å². The van der Waals surface area contributed by atoms with Crippen LogP contribution in [0.25, 0.3) is 0 Å². The summed E-state index contributed by atoms with van der Waals surface area (Å²) < 4.78 is 66.1. The summed E-state index contributed by atoms with van der Waals surface area (Å²) in [7, 11) is 0. The Kier molecular flexibility index (Phi) is 41.8. The predicted octanol–water partition coefficient (Wildman–Crippen LogP) is 26.8. The number of carbonyl (C=O) groups is 12. The zero-order valence-electron chi connectivity index (χ0n) is 96.5. The summed E-state index contributed by atoms with van der Waals surface area (Å²) in [6, 6.07) is 0. The van der Waals surface area contributed by atoms with Gasteiger partial charge in [-0.05, 0) is 466 Å². The molecule has 16 bridgehead atoms. The normalized spacial score (nSPS) is 28.6. The van der Waals surface area contributed by atoms with Crippen molar-refractivity contribution in [1.82, 2.24) is 0 Å². The van der Waals surface area contributed by atoms with Gasteiger partial charge in [0.1, 0.15) is 33.6 Å². The maximum atomic E-state index is 12.6. The number of ether oxygens (including phenoxy) is 12. The van der Waals surface area contributed by atoms with E-state index in [1.807, 2.05) is 166 Å². The van der Waals surface area contributed by atoms with E-state index >= 15 is 0 Å². The molecular formula is C121H202O24. The van der Waals surface area contributed by atoms with Crippen LogP contribution >= 0.6 is 0 Å². The van der Waals surface area contributed by atoms with E-state index in [9.17, 15) is 57.5 Å². The van der Waals surface area contributed by atoms with E-state index in [4.69, 9.17) is 56.8 Å². The highest BCUT2D eigenvalue weighted by atomic mass is 16.6. The van der Waals surface area contributed by atoms with Crippen molar-refractivity contribution in [2.24, 2.45) is 143 Å². The Morgan fingerprint density at radius 3 is 0.717 bits per heavy atom. The molecule has 24 nitrogen and oxygen atoms in total. The molecule has 18 rings (SSSR count). The summed E-state index contributed by atoms with van der Waals surface area (Å²) in [5.74, 6) is 8.93. The first kappa shape index (κ1) is 122. The predicted molar refractivity (Wildman–Crippen MR) is 561 cm³/mol. The van der Waals surface area contributed by atoms with E-state index < -0.39 is 90.0 Å². The lowest BCUT2D eigenvalue weighted by Crippen LogP contribution is -2.69. The van der Waals surface area contributed by atoms with E-state index in [0.29, 0.717) is 69.1 Å². The smallest absolute Gasteiger partial charge is 0.344 e. The summed E-state index contributed by atoms with van der Waals surface area (Å²) in [6.07, 6.45) is 45.5. The Bertz CT molecular complexity index is 4200. The number of carbonyl (C=O) groups excluding carboxylic acids is 12. The molecule has 0 amide bonds. The van der Waals surface area contributed by atoms with Gasteiger partial charge in [0.25, 0.3) is 0 Å². The highest BCUT2D eigenvalue weighted by molar-refractivity contribution is 5.83. The molecule has 0 aromatic heterocycles. The van der Waals surface area contributed by atoms with Crippen LogP contribution in [0.4, 0.5) is 0 Å². The molecule has 18 saturated carbocycles. The second-order valence-corrected chi connectivity index (χ2v) is 54.6. The maximum Gasteiger partial charge on any atom is 0.344 e. The minimum Gasteiger partial charge on any atom is -0.465 e. The Labute approximate surface area is 875 Å². The van der Waals surface area contributed by atoms with Gasteiger partial charge in [0, 0.05) is 29.1 Å². The highest BCUT2D eigenvalue weighted by Gasteiger charge is 2.71. The molecule has 830 valence electrons. The van der Waals surface area contributed by atoms with Crippen LogP contribution in [-0.2, 0) is 114 Å². The van der Waals surface area contributed by atoms with Crippen molar-refractivity contribution < 1.29 is 114 Å². The number of hydrogen-bond donors (Lipinski definition) is 0. The molecule has 0 aromatic rings. The van der Waals surface area contributed by atoms with E-state index in [1.54, 1.807) is 0 Å². The Hall–Kier alpha value is -6.36. The van der Waals surface area contributed by atoms with Crippen molar-refractivity contribution in [1.29, 1.82) is 0 Å². The fourth-order valence-corrected chi connectivity index (χ4v) is 28.5. The second-order valence-electron chi connectivity index (χ2n) is 54.6. The SMILES string of the molecule is CCC(C)(C)C(=O)OCC(=O)OC(C)(C)C12CC3C4CC5CC3C(C1)C(C5)C4C2.CCC(C)(C)C(=O)OCC(=O)OC(C)(C)C12CC3CC(CC(C3)C1)C2.CCC(C)(C)C(=O)OCC(=O)OC(C)(C)C1CCCC1.CCC(C)(C)C(=O)OCC(=O)OC(C)(CC)C1CCCC1.CCC(C)(C)C(=O)OCCCC(=O)OC(C)(C)C12CC3CC(CC(C3)C1)C2.CCC(C)(C)C(=O)OCCCC(=O)OC(C)(C)C1CCCCC1. The maximum absolute atomic E-state index is 12.6. The van der Waals surface area contributed by atoms with Crippen molar-refractivity contribution in [3.05, 3.63) is 0 Å². The van der Waals surface area contributed by atoms with Gasteiger partial charge in [0.15, 0.2) is 26.4 Å². The summed E-state index contributed by atoms with van der Waals surface area (Å²) in [5, 5.41) is 0. The third-order valence-electron chi connectivity index (χ3n) is 40.4. The van der Waals surface area contributed by atoms with E-state index in [2.05, 4.69) is 41.5 Å². The van der Waals surface area contributed by atoms with Crippen LogP contribution in [0.1, 0.15) is 477 Å². The highest BCUT2D eigenvalue weighted by Crippen LogP contribution is 2.77. The fraction of sp³-hybridized carbons (Fsp3) is 0.901. The molecule has 0 aromatic carbocycles. The van der Waals surface area contributed by atoms with E-state index in [1.165, 1.54) is 161 Å². The van der Waals surface area contributed by atoms with E-state index in [-0.39, 0.29) is 104 Å². The molecular weight excluding hydrogens is 1840 g/mol. The van der Waals surface area contributed by atoms with E-state index in [0.717, 1.165) is 135 Å². The number of esters is 12. The van der Waals surface area contributed by atoms with Gasteiger partial charge < -0.3 is 56.8 Å². The lowest BCUT2D eigenvalue weighted by molar-refractivity contribution is -0.273. The van der Waals surface area contributed by atoms with Crippen LogP contribution in [0.3, 0.4) is 0 Å². The van der Waals surface area contributed by atoms with Crippen molar-refractivity contribution in [3.63, 3.8) is 0 Å². The van der Waals surface area contributed by atoms with Crippen molar-refractivity contribution >= 4 is 71.6 Å². The lowest BCUT2D eigenvalue weighted by atomic mass is 9.31. The van der Waals surface area contributed by atoms with Gasteiger partial charge in [0.2, 0.25) is 0 Å². The van der Waals surface area contributed by atoms with Gasteiger partial charge in [-0.2, -0.15) is 0 Å². The third kappa shape index (κ3) is 30.8. The minimum atomic E-state index is -0.561. The molecule has 0 radical (unpaired) electrons. The molecule has 0 aliphatic heterocycles. The first-order valence-corrected chi connectivity index (χ1v) is 57.7. The first-order chi connectivity index (χ1) is 67.3. The third-order valence-corrected chi connectivity index (χ3v) is 40.4. The lowest BCUT2D eigenvalue weighted by Gasteiger charge is -2.74. The molecule has 18 fully saturated rings. The standard InChI is InChI=1S/C25H38O4.C23H38O4.C21H34O4.C19H34O4.C17H30O4.C16H28O4/c1-6-23(2,3)22(27)28-13-21(26)29-24(4,5)25-10-18-15-7-14-8-16(18)20(12-25)17(9-14)19(15)11-25;1-6-21(2,3)20(25)26-9-7-8-19(24)27-22(4,5)23-13-16-10-17(14-23)12-18(11-16)15-23;1-6-19(2,3)18(23)24-13-17(22)25-20(4,5)21-10-14-7-15(11-21)9-16(8-14)12-21;1-6-18(2,3)17(21)22-14-10-13-16(20)23-19(4,5)15-11-8-7-9-12-15;1-6-16(3,4)15(19)20-12-14(18)21-17(5,7-2)13-10-8-9-11-13;1-6-15(2,3)14(18)19-11-13(17)20-16(4,5)12-9-7-8-10-12/h14-20H,6-13H2,1-5H3;16-18H,6-15H2,1-5H3;14-16H,6-13H2,1-5H3;15H,6-14H2,1-5H3;13H,6-12H2,1-5H3;12H,6-11H2,1-5H3. The Morgan fingerprint density at radius 2 is 0.448 bits per heavy atom. The molecule has 1 unspecified atom stereocenters. The zero-order chi connectivity index (χ0) is 108. The zero-order valence-corrected chi connectivity index (χ0v) is 96.5. The number of hydrogen-bond acceptors (Lipinski definition) is 24. The molecule has 145 heavy (non-hydrogen) atoms. The quantitative estimate of drug-likeness (QED) is 0.0312. The van der Waals surface area contributed by atoms with Crippen molar-refractivity contribution in [2.45, 2.75) is 511 Å². The van der Waals surface area contributed by atoms with Gasteiger partial charge >= 0.3 is 71.6 Å². The molecule has 0 N–H and O–H groups in total. The Morgan fingerprint density at radius 1 is 0.228 bits per heavy atom. The number of rotatable bonds is 41. The largest absolute Gasteiger partial charge is 0.465 e. The average molecular weight is 2040 g/mol. The van der Waals surface area contributed by atoms with Gasteiger partial charge in [0.05, 0.1) is 45.7 Å². The summed E-state index contributed by atoms with van der Waals surface area (Å²) in [4.78, 5) is 145. The summed E-state index contributed by atoms with van der Waals surface area (Å²) >= 11 is 0. The molecule has 0 spiro atoms. The molecule has 18 aliphatic rings. The van der Waals surface area contributed by atoms with Gasteiger partial charge in [-0.1, -0.05) is 93.4 Å². The van der Waals surface area contributed by atoms with Gasteiger partial charge in [-0.15, -0.1) is 0 Å². The van der Waals surface area contributed by atoms with Crippen molar-refractivity contribution in [3.8, 4) is 0 Å². The monoisotopic (exact) mass is 2040 g/mol. The van der Waals surface area contributed by atoms with Crippen molar-refractivity contribution in [2.75, 3.05) is 39.6 Å². The van der Waals surface area contributed by atoms with Gasteiger partial charge in [-0.25, -0.2) is 19.2 Å². The Balaban J connectivity index is 0.000000195. The van der Waals surface area contributed by atoms with Crippen LogP contribution in [0.5, 0.6) is 0 Å². The average Bonchev–Trinajstić information content (AvgIpc) is 1.34. The molecule has 0 saturated heterocycles. The first-order valence-electron chi connectivity index (χ1n) is 57.7. The topological polar surface area (TPSA) is 316 Å². The molecule has 24 heteroatoms. The van der Waals surface area contributed by atoms with Crippen LogP contribution in [-0.4, -0.2) is 145 Å². The molecule has 18 aliphatic carbocycles. The van der Waals surface area contributed by atoms with Crippen LogP contribution in [0.15, 0.2) is 0 Å². The van der Waals surface area contributed by atoms with Crippen LogP contribution in [0.2, 0.25) is 0 Å². The van der Waals surface area contributed by atoms with Gasteiger partial charge in [-0.3, -0.25) is 38.4 Å². The fourth-order valence-electron chi connectivity index (χ4n) is 28.5. The molecule has 1 atom stereocenters. The van der Waals surface area contributed by atoms with Crippen LogP contribution < -0.4 is 0 Å². The second kappa shape index (κ2) is 49.6. The minimum absolute atomic E-state index is 0.114. The summed E-state index contributed by atoms with van der Waals surface area (Å²) in [5.41, 5.74) is -5.42. The molecule has 0 heterocycles. The summed E-state index contributed by atoms with van der Waals surface area (Å²) in [6.45, 7) is 57.8.